The van der Waals surface area contributed by atoms with Gasteiger partial charge in [0.15, 0.2) is 0 Å². The summed E-state index contributed by atoms with van der Waals surface area (Å²) in [7, 11) is 0. The molecule has 2 heterocycles. The van der Waals surface area contributed by atoms with Crippen LogP contribution in [0.5, 0.6) is 0 Å². The Balaban J connectivity index is 2.48. The molecular formula is C9H8N2O. The van der Waals surface area contributed by atoms with Crippen LogP contribution in [-0.4, -0.2) is 10.1 Å². The Bertz CT molecular complexity index is 368. The van der Waals surface area contributed by atoms with Crippen LogP contribution < -0.4 is 0 Å². The van der Waals surface area contributed by atoms with E-state index in [0.29, 0.717) is 0 Å². The Kier molecular flexibility index (Phi) is 1.63. The van der Waals surface area contributed by atoms with Crippen LogP contribution in [0.25, 0.3) is 11.3 Å². The number of nitrogens with zero attached hydrogens (tertiary/aromatic N) is 2. The maximum Gasteiger partial charge on any atom is 0.133 e. The maximum absolute atomic E-state index is 4.72. The van der Waals surface area contributed by atoms with Crippen molar-refractivity contribution in [1.29, 1.82) is 0 Å². The van der Waals surface area contributed by atoms with Gasteiger partial charge >= 0.3 is 0 Å². The Morgan fingerprint density at radius 3 is 2.92 bits per heavy atom. The van der Waals surface area contributed by atoms with Gasteiger partial charge < -0.3 is 4.52 Å². The molecule has 0 aromatic carbocycles. The van der Waals surface area contributed by atoms with Gasteiger partial charge in [-0.2, -0.15) is 0 Å². The zero-order chi connectivity index (χ0) is 8.39. The molecule has 0 radical (unpaired) electrons. The van der Waals surface area contributed by atoms with E-state index >= 15 is 0 Å². The van der Waals surface area contributed by atoms with Gasteiger partial charge in [0, 0.05) is 5.69 Å². The Morgan fingerprint density at radius 1 is 1.33 bits per heavy atom. The molecule has 3 heteroatoms. The number of rotatable bonds is 1. The second kappa shape index (κ2) is 2.77. The summed E-state index contributed by atoms with van der Waals surface area (Å²) >= 11 is 0. The molecule has 0 aliphatic carbocycles. The van der Waals surface area contributed by atoms with Crippen molar-refractivity contribution in [3.8, 4) is 11.3 Å². The molecule has 2 aromatic rings. The van der Waals surface area contributed by atoms with Crippen LogP contribution in [0, 0.1) is 6.92 Å². The van der Waals surface area contributed by atoms with Crippen LogP contribution in [0.3, 0.4) is 0 Å². The molecule has 0 unspecified atom stereocenters. The summed E-state index contributed by atoms with van der Waals surface area (Å²) < 4.78 is 4.72. The molecule has 0 saturated heterocycles. The first kappa shape index (κ1) is 7.03. The summed E-state index contributed by atoms with van der Waals surface area (Å²) in [6.45, 7) is 1.96. The minimum absolute atomic E-state index is 0.899. The van der Waals surface area contributed by atoms with Gasteiger partial charge in [-0.05, 0) is 19.1 Å². The molecule has 2 aromatic heterocycles. The van der Waals surface area contributed by atoms with Crippen molar-refractivity contribution in [3.63, 3.8) is 0 Å². The van der Waals surface area contributed by atoms with Gasteiger partial charge in [-0.15, -0.1) is 0 Å². The summed E-state index contributed by atoms with van der Waals surface area (Å²) in [5.41, 5.74) is 2.81. The SMILES string of the molecule is Cc1cccc(-c2cnoc2)n1. The molecule has 0 bridgehead atoms. The highest BCUT2D eigenvalue weighted by Crippen LogP contribution is 2.15. The summed E-state index contributed by atoms with van der Waals surface area (Å²) in [4.78, 5) is 4.32. The summed E-state index contributed by atoms with van der Waals surface area (Å²) in [6, 6.07) is 5.85. The number of hydrogen-bond acceptors (Lipinski definition) is 3. The van der Waals surface area contributed by atoms with Crippen LogP contribution in [0.2, 0.25) is 0 Å². The standard InChI is InChI=1S/C9H8N2O/c1-7-3-2-4-9(11-7)8-5-10-12-6-8/h2-6H,1H3. The lowest BCUT2D eigenvalue weighted by atomic mass is 10.2. The highest BCUT2D eigenvalue weighted by atomic mass is 16.5. The third-order valence-corrected chi connectivity index (χ3v) is 1.62. The predicted molar refractivity (Wildman–Crippen MR) is 44.5 cm³/mol. The molecule has 0 fully saturated rings. The van der Waals surface area contributed by atoms with Gasteiger partial charge in [-0.1, -0.05) is 11.2 Å². The number of aryl methyl sites for hydroxylation is 1. The molecule has 0 amide bonds. The Labute approximate surface area is 70.0 Å². The van der Waals surface area contributed by atoms with Crippen molar-refractivity contribution in [2.24, 2.45) is 0 Å². The zero-order valence-electron chi connectivity index (χ0n) is 6.69. The minimum Gasteiger partial charge on any atom is -0.364 e. The quantitative estimate of drug-likeness (QED) is 0.640. The van der Waals surface area contributed by atoms with Crippen molar-refractivity contribution < 1.29 is 4.52 Å². The third-order valence-electron chi connectivity index (χ3n) is 1.62. The van der Waals surface area contributed by atoms with Crippen molar-refractivity contribution >= 4 is 0 Å². The fraction of sp³-hybridized carbons (Fsp3) is 0.111. The number of hydrogen-bond donors (Lipinski definition) is 0. The summed E-state index contributed by atoms with van der Waals surface area (Å²) in [5.74, 6) is 0. The zero-order valence-corrected chi connectivity index (χ0v) is 6.69. The smallest absolute Gasteiger partial charge is 0.133 e. The van der Waals surface area contributed by atoms with Gasteiger partial charge in [-0.3, -0.25) is 4.98 Å². The molecular weight excluding hydrogens is 152 g/mol. The minimum atomic E-state index is 0.899. The van der Waals surface area contributed by atoms with Crippen LogP contribution >= 0.6 is 0 Å². The first-order valence-corrected chi connectivity index (χ1v) is 3.70. The van der Waals surface area contributed by atoms with Crippen molar-refractivity contribution in [1.82, 2.24) is 10.1 Å². The fourth-order valence-electron chi connectivity index (χ4n) is 1.04. The normalized spacial score (nSPS) is 10.1. The average Bonchev–Trinajstić information content (AvgIpc) is 2.56. The maximum atomic E-state index is 4.72. The largest absolute Gasteiger partial charge is 0.364 e. The van der Waals surface area contributed by atoms with Crippen LogP contribution in [-0.2, 0) is 0 Å². The molecule has 0 saturated carbocycles. The first-order chi connectivity index (χ1) is 5.86. The molecule has 0 N–H and O–H groups in total. The average molecular weight is 160 g/mol. The van der Waals surface area contributed by atoms with E-state index in [0.717, 1.165) is 17.0 Å². The molecule has 0 aliphatic rings. The molecule has 0 aliphatic heterocycles. The first-order valence-electron chi connectivity index (χ1n) is 3.70. The van der Waals surface area contributed by atoms with E-state index in [4.69, 9.17) is 4.52 Å². The monoisotopic (exact) mass is 160 g/mol. The van der Waals surface area contributed by atoms with E-state index in [1.54, 1.807) is 12.5 Å². The lowest BCUT2D eigenvalue weighted by molar-refractivity contribution is 0.420. The van der Waals surface area contributed by atoms with E-state index in [1.165, 1.54) is 0 Å². The van der Waals surface area contributed by atoms with Gasteiger partial charge in [-0.25, -0.2) is 0 Å². The highest BCUT2D eigenvalue weighted by Gasteiger charge is 2.00. The molecule has 3 nitrogen and oxygen atoms in total. The van der Waals surface area contributed by atoms with Crippen molar-refractivity contribution in [2.45, 2.75) is 6.92 Å². The van der Waals surface area contributed by atoms with Gasteiger partial charge in [0.1, 0.15) is 6.26 Å². The van der Waals surface area contributed by atoms with Crippen LogP contribution in [0.15, 0.2) is 35.2 Å². The van der Waals surface area contributed by atoms with Gasteiger partial charge in [0.25, 0.3) is 0 Å². The fourth-order valence-corrected chi connectivity index (χ4v) is 1.04. The predicted octanol–water partition coefficient (Wildman–Crippen LogP) is 2.05. The summed E-state index contributed by atoms with van der Waals surface area (Å²) in [6.07, 6.45) is 3.24. The molecule has 0 spiro atoms. The second-order valence-electron chi connectivity index (χ2n) is 2.58. The highest BCUT2D eigenvalue weighted by molar-refractivity contribution is 5.55. The van der Waals surface area contributed by atoms with E-state index in [2.05, 4.69) is 10.1 Å². The molecule has 0 atom stereocenters. The summed E-state index contributed by atoms with van der Waals surface area (Å²) in [5, 5.41) is 3.61. The third kappa shape index (κ3) is 1.21. The van der Waals surface area contributed by atoms with Gasteiger partial charge in [0.2, 0.25) is 0 Å². The Morgan fingerprint density at radius 2 is 2.25 bits per heavy atom. The van der Waals surface area contributed by atoms with E-state index < -0.39 is 0 Å². The second-order valence-corrected chi connectivity index (χ2v) is 2.58. The topological polar surface area (TPSA) is 38.9 Å². The number of pyridine rings is 1. The lowest BCUT2D eigenvalue weighted by Crippen LogP contribution is -1.83. The van der Waals surface area contributed by atoms with E-state index in [9.17, 15) is 0 Å². The molecule has 12 heavy (non-hydrogen) atoms. The number of aromatic nitrogens is 2. The van der Waals surface area contributed by atoms with Crippen LogP contribution in [0.1, 0.15) is 5.69 Å². The van der Waals surface area contributed by atoms with Crippen molar-refractivity contribution in [2.75, 3.05) is 0 Å². The van der Waals surface area contributed by atoms with Crippen molar-refractivity contribution in [3.05, 3.63) is 36.4 Å². The molecule has 60 valence electrons. The van der Waals surface area contributed by atoms with Gasteiger partial charge in [0.05, 0.1) is 17.5 Å². The lowest BCUT2D eigenvalue weighted by Gasteiger charge is -1.95. The van der Waals surface area contributed by atoms with E-state index in [-0.39, 0.29) is 0 Å². The van der Waals surface area contributed by atoms with E-state index in [1.807, 2.05) is 25.1 Å². The van der Waals surface area contributed by atoms with Crippen LogP contribution in [0.4, 0.5) is 0 Å². The molecule has 2 rings (SSSR count). The Hall–Kier alpha value is -1.64.